The quantitative estimate of drug-likeness (QED) is 0.785. The zero-order valence-electron chi connectivity index (χ0n) is 12.7. The van der Waals surface area contributed by atoms with Crippen LogP contribution in [0.25, 0.3) is 0 Å². The van der Waals surface area contributed by atoms with Crippen molar-refractivity contribution in [1.29, 1.82) is 0 Å². The first-order chi connectivity index (χ1) is 9.09. The lowest BCUT2D eigenvalue weighted by Crippen LogP contribution is -2.39. The number of benzene rings is 1. The Kier molecular flexibility index (Phi) is 4.87. The molecule has 2 heteroatoms. The summed E-state index contributed by atoms with van der Waals surface area (Å²) in [6.07, 6.45) is 5.31. The minimum Gasteiger partial charge on any atom is -0.375 e. The average Bonchev–Trinajstić information content (AvgIpc) is 2.74. The van der Waals surface area contributed by atoms with Crippen molar-refractivity contribution in [2.45, 2.75) is 45.6 Å². The summed E-state index contributed by atoms with van der Waals surface area (Å²) in [5.41, 5.74) is 1.80. The van der Waals surface area contributed by atoms with Crippen molar-refractivity contribution < 1.29 is 0 Å². The van der Waals surface area contributed by atoms with E-state index in [1.807, 2.05) is 0 Å². The van der Waals surface area contributed by atoms with Crippen LogP contribution in [-0.2, 0) is 0 Å². The van der Waals surface area contributed by atoms with Crippen LogP contribution < -0.4 is 10.2 Å². The molecule has 106 valence electrons. The van der Waals surface area contributed by atoms with Gasteiger partial charge in [0.15, 0.2) is 0 Å². The van der Waals surface area contributed by atoms with Crippen molar-refractivity contribution in [2.24, 2.45) is 5.41 Å². The Morgan fingerprint density at radius 3 is 2.63 bits per heavy atom. The average molecular weight is 260 g/mol. The molecule has 1 aliphatic rings. The second-order valence-electron chi connectivity index (χ2n) is 6.50. The van der Waals surface area contributed by atoms with E-state index < -0.39 is 0 Å². The first-order valence-corrected chi connectivity index (χ1v) is 7.59. The Balaban J connectivity index is 1.67. The van der Waals surface area contributed by atoms with Gasteiger partial charge in [-0.3, -0.25) is 0 Å². The molecule has 1 atom stereocenters. The molecule has 1 fully saturated rings. The van der Waals surface area contributed by atoms with Gasteiger partial charge in [0.2, 0.25) is 0 Å². The molecular formula is C17H28N2. The van der Waals surface area contributed by atoms with Gasteiger partial charge in [0.1, 0.15) is 0 Å². The second kappa shape index (κ2) is 6.42. The van der Waals surface area contributed by atoms with Crippen LogP contribution >= 0.6 is 0 Å². The van der Waals surface area contributed by atoms with Crippen LogP contribution in [0.15, 0.2) is 30.3 Å². The maximum atomic E-state index is 3.75. The zero-order chi connectivity index (χ0) is 13.7. The molecule has 2 nitrogen and oxygen atoms in total. The van der Waals surface area contributed by atoms with Crippen LogP contribution in [0.3, 0.4) is 0 Å². The van der Waals surface area contributed by atoms with E-state index in [1.165, 1.54) is 31.4 Å². The molecule has 0 bridgehead atoms. The third-order valence-electron chi connectivity index (χ3n) is 4.52. The highest BCUT2D eigenvalue weighted by Crippen LogP contribution is 2.37. The largest absolute Gasteiger partial charge is 0.375 e. The Morgan fingerprint density at radius 1 is 1.26 bits per heavy atom. The van der Waals surface area contributed by atoms with E-state index in [0.717, 1.165) is 19.1 Å². The number of anilines is 1. The topological polar surface area (TPSA) is 15.3 Å². The van der Waals surface area contributed by atoms with E-state index in [9.17, 15) is 0 Å². The highest BCUT2D eigenvalue weighted by atomic mass is 15.1. The van der Waals surface area contributed by atoms with E-state index in [4.69, 9.17) is 0 Å². The van der Waals surface area contributed by atoms with Gasteiger partial charge in [0.25, 0.3) is 0 Å². The summed E-state index contributed by atoms with van der Waals surface area (Å²) < 4.78 is 0. The van der Waals surface area contributed by atoms with Crippen LogP contribution in [0.1, 0.15) is 39.5 Å². The molecule has 0 saturated heterocycles. The van der Waals surface area contributed by atoms with Gasteiger partial charge in [-0.1, -0.05) is 38.5 Å². The zero-order valence-corrected chi connectivity index (χ0v) is 12.7. The molecule has 1 aromatic carbocycles. The molecule has 0 aromatic heterocycles. The predicted molar refractivity (Wildman–Crippen MR) is 83.8 cm³/mol. The normalized spacial score (nSPS) is 21.5. The van der Waals surface area contributed by atoms with Gasteiger partial charge in [-0.15, -0.1) is 0 Å². The van der Waals surface area contributed by atoms with E-state index in [1.54, 1.807) is 0 Å². The molecule has 0 heterocycles. The summed E-state index contributed by atoms with van der Waals surface area (Å²) in [5, 5.41) is 3.75. The van der Waals surface area contributed by atoms with Crippen molar-refractivity contribution in [3.8, 4) is 0 Å². The summed E-state index contributed by atoms with van der Waals surface area (Å²) >= 11 is 0. The van der Waals surface area contributed by atoms with E-state index in [-0.39, 0.29) is 0 Å². The number of nitrogens with one attached hydrogen (secondary N) is 1. The Morgan fingerprint density at radius 2 is 2.00 bits per heavy atom. The third kappa shape index (κ3) is 3.97. The number of nitrogens with zero attached hydrogens (tertiary/aromatic N) is 1. The second-order valence-corrected chi connectivity index (χ2v) is 6.50. The SMILES string of the molecule is CN(CCCNC1CCCC1(C)C)c1ccccc1. The maximum Gasteiger partial charge on any atom is 0.0363 e. The third-order valence-corrected chi connectivity index (χ3v) is 4.52. The van der Waals surface area contributed by atoms with Gasteiger partial charge in [-0.25, -0.2) is 0 Å². The van der Waals surface area contributed by atoms with Crippen molar-refractivity contribution in [2.75, 3.05) is 25.0 Å². The van der Waals surface area contributed by atoms with Gasteiger partial charge in [-0.2, -0.15) is 0 Å². The van der Waals surface area contributed by atoms with Crippen molar-refractivity contribution in [1.82, 2.24) is 5.32 Å². The fraction of sp³-hybridized carbons (Fsp3) is 0.647. The highest BCUT2D eigenvalue weighted by Gasteiger charge is 2.33. The Hall–Kier alpha value is -1.02. The van der Waals surface area contributed by atoms with Crippen molar-refractivity contribution in [3.63, 3.8) is 0 Å². The minimum atomic E-state index is 0.491. The predicted octanol–water partition coefficient (Wildman–Crippen LogP) is 3.68. The first-order valence-electron chi connectivity index (χ1n) is 7.59. The number of rotatable bonds is 6. The van der Waals surface area contributed by atoms with Gasteiger partial charge in [0.05, 0.1) is 0 Å². The molecule has 19 heavy (non-hydrogen) atoms. The molecule has 0 aliphatic heterocycles. The van der Waals surface area contributed by atoms with Crippen LogP contribution in [0, 0.1) is 5.41 Å². The fourth-order valence-electron chi connectivity index (χ4n) is 3.11. The molecule has 0 amide bonds. The highest BCUT2D eigenvalue weighted by molar-refractivity contribution is 5.44. The van der Waals surface area contributed by atoms with E-state index in [2.05, 4.69) is 61.4 Å². The smallest absolute Gasteiger partial charge is 0.0363 e. The fourth-order valence-corrected chi connectivity index (χ4v) is 3.11. The molecule has 2 rings (SSSR count). The van der Waals surface area contributed by atoms with Crippen LogP contribution in [0.2, 0.25) is 0 Å². The molecule has 1 saturated carbocycles. The van der Waals surface area contributed by atoms with Crippen LogP contribution in [-0.4, -0.2) is 26.2 Å². The summed E-state index contributed by atoms with van der Waals surface area (Å²) in [4.78, 5) is 2.33. The lowest BCUT2D eigenvalue weighted by Gasteiger charge is -2.28. The molecule has 0 spiro atoms. The van der Waals surface area contributed by atoms with Crippen molar-refractivity contribution in [3.05, 3.63) is 30.3 Å². The summed E-state index contributed by atoms with van der Waals surface area (Å²) in [6.45, 7) is 7.04. The standard InChI is InChI=1S/C17H28N2/c1-17(2)12-7-11-16(17)18-13-8-14-19(3)15-9-5-4-6-10-15/h4-6,9-10,16,18H,7-8,11-14H2,1-3H3. The van der Waals surface area contributed by atoms with Gasteiger partial charge >= 0.3 is 0 Å². The molecule has 1 aliphatic carbocycles. The number of hydrogen-bond acceptors (Lipinski definition) is 2. The Bertz CT molecular complexity index is 372. The lowest BCUT2D eigenvalue weighted by molar-refractivity contribution is 0.284. The van der Waals surface area contributed by atoms with E-state index >= 15 is 0 Å². The maximum absolute atomic E-state index is 3.75. The van der Waals surface area contributed by atoms with Crippen LogP contribution in [0.5, 0.6) is 0 Å². The molecule has 0 radical (unpaired) electrons. The number of para-hydroxylation sites is 1. The molecule has 1 N–H and O–H groups in total. The first kappa shape index (κ1) is 14.4. The Labute approximate surface area is 118 Å². The summed E-state index contributed by atoms with van der Waals surface area (Å²) in [6, 6.07) is 11.3. The van der Waals surface area contributed by atoms with E-state index in [0.29, 0.717) is 5.41 Å². The lowest BCUT2D eigenvalue weighted by atomic mass is 9.87. The summed E-state index contributed by atoms with van der Waals surface area (Å²) in [7, 11) is 2.18. The van der Waals surface area contributed by atoms with Crippen LogP contribution in [0.4, 0.5) is 5.69 Å². The molecule has 1 unspecified atom stereocenters. The van der Waals surface area contributed by atoms with Crippen molar-refractivity contribution >= 4 is 5.69 Å². The summed E-state index contributed by atoms with van der Waals surface area (Å²) in [5.74, 6) is 0. The minimum absolute atomic E-state index is 0.491. The molecule has 1 aromatic rings. The molecular weight excluding hydrogens is 232 g/mol. The van der Waals surface area contributed by atoms with Gasteiger partial charge in [0, 0.05) is 25.3 Å². The monoisotopic (exact) mass is 260 g/mol. The van der Waals surface area contributed by atoms with Gasteiger partial charge < -0.3 is 10.2 Å². The van der Waals surface area contributed by atoms with Gasteiger partial charge in [-0.05, 0) is 43.4 Å². The number of hydrogen-bond donors (Lipinski definition) is 1.